The van der Waals surface area contributed by atoms with Gasteiger partial charge in [0.15, 0.2) is 0 Å². The maximum atomic E-state index is 11.8. The first-order valence-electron chi connectivity index (χ1n) is 5.73. The van der Waals surface area contributed by atoms with Gasteiger partial charge in [-0.05, 0) is 26.3 Å². The number of hydrogen-bond acceptors (Lipinski definition) is 2. The predicted molar refractivity (Wildman–Crippen MR) is 58.2 cm³/mol. The van der Waals surface area contributed by atoms with E-state index in [1.165, 1.54) is 12.8 Å². The highest BCUT2D eigenvalue weighted by atomic mass is 16.2. The molecular formula is C11H22N2O. The van der Waals surface area contributed by atoms with Gasteiger partial charge in [-0.25, -0.2) is 0 Å². The molecule has 1 aliphatic heterocycles. The molecule has 3 heteroatoms. The van der Waals surface area contributed by atoms with E-state index in [1.807, 2.05) is 7.05 Å². The summed E-state index contributed by atoms with van der Waals surface area (Å²) >= 11 is 0. The molecule has 1 fully saturated rings. The van der Waals surface area contributed by atoms with Gasteiger partial charge in [0.05, 0.1) is 0 Å². The molecule has 1 saturated heterocycles. The van der Waals surface area contributed by atoms with Crippen LogP contribution in [0.1, 0.15) is 39.0 Å². The molecule has 0 spiro atoms. The van der Waals surface area contributed by atoms with Gasteiger partial charge in [0.1, 0.15) is 0 Å². The van der Waals surface area contributed by atoms with E-state index in [0.29, 0.717) is 11.9 Å². The third kappa shape index (κ3) is 2.98. The van der Waals surface area contributed by atoms with Gasteiger partial charge in [0.25, 0.3) is 0 Å². The Morgan fingerprint density at radius 2 is 2.36 bits per heavy atom. The molecule has 14 heavy (non-hydrogen) atoms. The van der Waals surface area contributed by atoms with Crippen LogP contribution in [-0.2, 0) is 4.79 Å². The van der Waals surface area contributed by atoms with Gasteiger partial charge >= 0.3 is 0 Å². The minimum atomic E-state index is 0.351. The highest BCUT2D eigenvalue weighted by molar-refractivity contribution is 5.76. The number of amides is 1. The summed E-state index contributed by atoms with van der Waals surface area (Å²) in [7, 11) is 1.95. The highest BCUT2D eigenvalue weighted by Crippen LogP contribution is 2.18. The lowest BCUT2D eigenvalue weighted by molar-refractivity contribution is -0.132. The second kappa shape index (κ2) is 6.02. The van der Waals surface area contributed by atoms with E-state index >= 15 is 0 Å². The zero-order chi connectivity index (χ0) is 10.4. The number of carbonyl (C=O) groups excluding carboxylic acids is 1. The lowest BCUT2D eigenvalue weighted by Gasteiger charge is -2.24. The fraction of sp³-hybridized carbons (Fsp3) is 0.909. The number of likely N-dealkylation sites (tertiary alicyclic amines) is 1. The van der Waals surface area contributed by atoms with Crippen molar-refractivity contribution in [3.05, 3.63) is 0 Å². The Balaban J connectivity index is 2.36. The van der Waals surface area contributed by atoms with Gasteiger partial charge in [-0.2, -0.15) is 0 Å². The van der Waals surface area contributed by atoms with Crippen LogP contribution in [0.4, 0.5) is 0 Å². The Hall–Kier alpha value is -0.570. The van der Waals surface area contributed by atoms with Gasteiger partial charge in [-0.15, -0.1) is 0 Å². The van der Waals surface area contributed by atoms with Crippen molar-refractivity contribution < 1.29 is 4.79 Å². The van der Waals surface area contributed by atoms with Crippen LogP contribution in [0.15, 0.2) is 0 Å². The van der Waals surface area contributed by atoms with Crippen LogP contribution in [0.3, 0.4) is 0 Å². The average molecular weight is 198 g/mol. The molecule has 0 aromatic heterocycles. The third-order valence-electron chi connectivity index (χ3n) is 2.88. The van der Waals surface area contributed by atoms with Crippen LogP contribution < -0.4 is 5.32 Å². The maximum absolute atomic E-state index is 11.8. The Morgan fingerprint density at radius 1 is 1.57 bits per heavy atom. The lowest BCUT2D eigenvalue weighted by atomic mass is 10.2. The van der Waals surface area contributed by atoms with Crippen LogP contribution in [0, 0.1) is 0 Å². The van der Waals surface area contributed by atoms with Gasteiger partial charge in [-0.1, -0.05) is 13.3 Å². The van der Waals surface area contributed by atoms with Gasteiger partial charge < -0.3 is 10.2 Å². The molecule has 0 bridgehead atoms. The highest BCUT2D eigenvalue weighted by Gasteiger charge is 2.27. The summed E-state index contributed by atoms with van der Waals surface area (Å²) < 4.78 is 0. The first-order valence-corrected chi connectivity index (χ1v) is 5.73. The normalized spacial score (nSPS) is 21.6. The largest absolute Gasteiger partial charge is 0.338 e. The Morgan fingerprint density at radius 3 is 3.00 bits per heavy atom. The topological polar surface area (TPSA) is 32.3 Å². The van der Waals surface area contributed by atoms with E-state index in [9.17, 15) is 4.79 Å². The summed E-state index contributed by atoms with van der Waals surface area (Å²) in [4.78, 5) is 13.8. The summed E-state index contributed by atoms with van der Waals surface area (Å²) in [6.07, 6.45) is 5.21. The fourth-order valence-corrected chi connectivity index (χ4v) is 2.08. The molecule has 0 radical (unpaired) electrons. The maximum Gasteiger partial charge on any atom is 0.222 e. The van der Waals surface area contributed by atoms with Crippen molar-refractivity contribution in [3.63, 3.8) is 0 Å². The molecule has 1 unspecified atom stereocenters. The molecule has 1 amide bonds. The standard InChI is InChI=1S/C11H22N2O/c1-3-4-7-11(14)13-8-5-6-10(13)9-12-2/h10,12H,3-9H2,1-2H3. The fourth-order valence-electron chi connectivity index (χ4n) is 2.08. The predicted octanol–water partition coefficient (Wildman–Crippen LogP) is 1.39. The van der Waals surface area contributed by atoms with Gasteiger partial charge in [0, 0.05) is 25.6 Å². The van der Waals surface area contributed by atoms with E-state index in [0.717, 1.165) is 32.4 Å². The molecule has 1 heterocycles. The first kappa shape index (κ1) is 11.5. The number of nitrogens with one attached hydrogen (secondary N) is 1. The summed E-state index contributed by atoms with van der Waals surface area (Å²) in [6, 6.07) is 0.448. The van der Waals surface area contributed by atoms with Crippen LogP contribution in [0.2, 0.25) is 0 Å². The van der Waals surface area contributed by atoms with Crippen LogP contribution >= 0.6 is 0 Å². The molecule has 0 saturated carbocycles. The van der Waals surface area contributed by atoms with Crippen molar-refractivity contribution in [2.24, 2.45) is 0 Å². The lowest BCUT2D eigenvalue weighted by Crippen LogP contribution is -2.40. The molecule has 1 N–H and O–H groups in total. The number of hydrogen-bond donors (Lipinski definition) is 1. The molecule has 0 aromatic rings. The number of likely N-dealkylation sites (N-methyl/N-ethyl adjacent to an activating group) is 1. The smallest absolute Gasteiger partial charge is 0.222 e. The van der Waals surface area contributed by atoms with E-state index in [1.54, 1.807) is 0 Å². The van der Waals surface area contributed by atoms with Crippen molar-refractivity contribution in [2.45, 2.75) is 45.1 Å². The quantitative estimate of drug-likeness (QED) is 0.724. The Kier molecular flexibility index (Phi) is 4.94. The molecule has 3 nitrogen and oxygen atoms in total. The van der Waals surface area contributed by atoms with Gasteiger partial charge in [0.2, 0.25) is 5.91 Å². The van der Waals surface area contributed by atoms with Crippen LogP contribution in [0.5, 0.6) is 0 Å². The molecule has 1 rings (SSSR count). The second-order valence-electron chi connectivity index (χ2n) is 4.04. The molecule has 82 valence electrons. The third-order valence-corrected chi connectivity index (χ3v) is 2.88. The number of nitrogens with zero attached hydrogens (tertiary/aromatic N) is 1. The molecule has 1 aliphatic rings. The molecule has 1 atom stereocenters. The summed E-state index contributed by atoms with van der Waals surface area (Å²) in [5.74, 6) is 0.351. The van der Waals surface area contributed by atoms with Crippen LogP contribution in [0.25, 0.3) is 0 Å². The molecule has 0 aliphatic carbocycles. The Bertz CT molecular complexity index is 182. The van der Waals surface area contributed by atoms with Crippen molar-refractivity contribution in [2.75, 3.05) is 20.1 Å². The monoisotopic (exact) mass is 198 g/mol. The number of unbranched alkanes of at least 4 members (excludes halogenated alkanes) is 1. The van der Waals surface area contributed by atoms with E-state index in [-0.39, 0.29) is 0 Å². The molecule has 0 aromatic carbocycles. The molecular weight excluding hydrogens is 176 g/mol. The van der Waals surface area contributed by atoms with Crippen molar-refractivity contribution in [1.82, 2.24) is 10.2 Å². The van der Waals surface area contributed by atoms with E-state index in [2.05, 4.69) is 17.1 Å². The second-order valence-corrected chi connectivity index (χ2v) is 4.04. The van der Waals surface area contributed by atoms with E-state index < -0.39 is 0 Å². The zero-order valence-corrected chi connectivity index (χ0v) is 9.38. The van der Waals surface area contributed by atoms with Crippen molar-refractivity contribution in [1.29, 1.82) is 0 Å². The Labute approximate surface area is 86.9 Å². The minimum absolute atomic E-state index is 0.351. The number of carbonyl (C=O) groups is 1. The average Bonchev–Trinajstić information content (AvgIpc) is 2.63. The zero-order valence-electron chi connectivity index (χ0n) is 9.38. The number of rotatable bonds is 5. The summed E-state index contributed by atoms with van der Waals surface area (Å²) in [5, 5.41) is 3.16. The SMILES string of the molecule is CCCCC(=O)N1CCCC1CNC. The van der Waals surface area contributed by atoms with Crippen molar-refractivity contribution >= 4 is 5.91 Å². The summed E-state index contributed by atoms with van der Waals surface area (Å²) in [5.41, 5.74) is 0. The van der Waals surface area contributed by atoms with Crippen molar-refractivity contribution in [3.8, 4) is 0 Å². The summed E-state index contributed by atoms with van der Waals surface area (Å²) in [6.45, 7) is 4.04. The van der Waals surface area contributed by atoms with E-state index in [4.69, 9.17) is 0 Å². The van der Waals surface area contributed by atoms with Gasteiger partial charge in [-0.3, -0.25) is 4.79 Å². The minimum Gasteiger partial charge on any atom is -0.338 e. The first-order chi connectivity index (χ1) is 6.79. The van der Waals surface area contributed by atoms with Crippen LogP contribution in [-0.4, -0.2) is 37.0 Å².